The summed E-state index contributed by atoms with van der Waals surface area (Å²) in [6.07, 6.45) is 0. The largest absolute Gasteiger partial charge is 0.478 e. The third-order valence-corrected chi connectivity index (χ3v) is 5.56. The van der Waals surface area contributed by atoms with E-state index < -0.39 is 16.0 Å². The maximum absolute atomic E-state index is 12.2. The van der Waals surface area contributed by atoms with E-state index in [0.717, 1.165) is 4.88 Å². The van der Waals surface area contributed by atoms with Crippen LogP contribution in [0, 0.1) is 13.8 Å². The number of hydrogen-bond donors (Lipinski definition) is 2. The van der Waals surface area contributed by atoms with Gasteiger partial charge in [-0.05, 0) is 49.7 Å². The van der Waals surface area contributed by atoms with Crippen molar-refractivity contribution >= 4 is 33.0 Å². The zero-order valence-corrected chi connectivity index (χ0v) is 12.5. The molecule has 0 unspecified atom stereocenters. The van der Waals surface area contributed by atoms with Gasteiger partial charge in [-0.25, -0.2) is 13.2 Å². The summed E-state index contributed by atoms with van der Waals surface area (Å²) >= 11 is 1.18. The van der Waals surface area contributed by atoms with Gasteiger partial charge in [0, 0.05) is 4.88 Å². The van der Waals surface area contributed by atoms with E-state index >= 15 is 0 Å². The molecule has 0 spiro atoms. The molecule has 20 heavy (non-hydrogen) atoms. The van der Waals surface area contributed by atoms with Crippen LogP contribution in [0.3, 0.4) is 0 Å². The van der Waals surface area contributed by atoms with Crippen molar-refractivity contribution in [3.8, 4) is 0 Å². The Kier molecular flexibility index (Phi) is 3.82. The number of nitrogens with one attached hydrogen (secondary N) is 1. The van der Waals surface area contributed by atoms with Crippen molar-refractivity contribution in [1.29, 1.82) is 0 Å². The molecule has 5 nitrogen and oxygen atoms in total. The van der Waals surface area contributed by atoms with Crippen LogP contribution in [0.5, 0.6) is 0 Å². The fraction of sp³-hybridized carbons (Fsp3) is 0.154. The fourth-order valence-corrected chi connectivity index (χ4v) is 4.08. The van der Waals surface area contributed by atoms with Crippen molar-refractivity contribution in [3.63, 3.8) is 0 Å². The predicted molar refractivity (Wildman–Crippen MR) is 78.0 cm³/mol. The maximum Gasteiger partial charge on any atom is 0.335 e. The van der Waals surface area contributed by atoms with Crippen LogP contribution in [0.15, 0.2) is 34.5 Å². The second kappa shape index (κ2) is 5.26. The summed E-state index contributed by atoms with van der Waals surface area (Å²) in [4.78, 5) is 11.7. The maximum atomic E-state index is 12.2. The number of aromatic carboxylic acids is 1. The fourth-order valence-electron chi connectivity index (χ4n) is 1.66. The zero-order chi connectivity index (χ0) is 14.9. The number of sulfonamides is 1. The Morgan fingerprint density at radius 3 is 2.40 bits per heavy atom. The summed E-state index contributed by atoms with van der Waals surface area (Å²) in [6, 6.07) is 7.53. The van der Waals surface area contributed by atoms with Gasteiger partial charge in [-0.2, -0.15) is 0 Å². The van der Waals surface area contributed by atoms with E-state index in [0.29, 0.717) is 11.3 Å². The average molecular weight is 311 g/mol. The molecule has 7 heteroatoms. The van der Waals surface area contributed by atoms with Gasteiger partial charge in [0.05, 0.1) is 11.3 Å². The first kappa shape index (κ1) is 14.5. The Balaban J connectivity index is 2.32. The lowest BCUT2D eigenvalue weighted by atomic mass is 10.1. The highest BCUT2D eigenvalue weighted by Crippen LogP contribution is 2.25. The van der Waals surface area contributed by atoms with Crippen LogP contribution in [-0.4, -0.2) is 19.5 Å². The van der Waals surface area contributed by atoms with Gasteiger partial charge < -0.3 is 5.11 Å². The quantitative estimate of drug-likeness (QED) is 0.909. The van der Waals surface area contributed by atoms with E-state index in [-0.39, 0.29) is 9.77 Å². The minimum absolute atomic E-state index is 0.123. The molecule has 0 aliphatic heterocycles. The highest BCUT2D eigenvalue weighted by molar-refractivity contribution is 7.94. The summed E-state index contributed by atoms with van der Waals surface area (Å²) in [5, 5.41) is 8.88. The van der Waals surface area contributed by atoms with E-state index in [4.69, 9.17) is 5.11 Å². The second-order valence-corrected chi connectivity index (χ2v) is 7.50. The Morgan fingerprint density at radius 2 is 1.90 bits per heavy atom. The van der Waals surface area contributed by atoms with E-state index in [1.54, 1.807) is 19.1 Å². The predicted octanol–water partition coefficient (Wildman–Crippen LogP) is 2.86. The molecular formula is C13H13NO4S2. The molecule has 0 bridgehead atoms. The average Bonchev–Trinajstić information content (AvgIpc) is 2.79. The molecule has 106 valence electrons. The third kappa shape index (κ3) is 3.00. The van der Waals surface area contributed by atoms with E-state index in [1.807, 2.05) is 6.92 Å². The van der Waals surface area contributed by atoms with Gasteiger partial charge in [0.15, 0.2) is 0 Å². The number of carbonyl (C=O) groups is 1. The van der Waals surface area contributed by atoms with Crippen LogP contribution in [0.1, 0.15) is 20.8 Å². The Morgan fingerprint density at radius 1 is 1.20 bits per heavy atom. The molecule has 0 fully saturated rings. The number of carboxylic acids is 1. The van der Waals surface area contributed by atoms with Gasteiger partial charge in [-0.3, -0.25) is 4.72 Å². The lowest BCUT2D eigenvalue weighted by molar-refractivity contribution is 0.0697. The molecule has 0 atom stereocenters. The van der Waals surface area contributed by atoms with Gasteiger partial charge in [0.25, 0.3) is 10.0 Å². The minimum atomic E-state index is -3.63. The molecule has 1 aromatic heterocycles. The lowest BCUT2D eigenvalue weighted by Gasteiger charge is -2.09. The molecule has 0 radical (unpaired) electrons. The van der Waals surface area contributed by atoms with E-state index in [1.165, 1.54) is 29.5 Å². The summed E-state index contributed by atoms with van der Waals surface area (Å²) in [6.45, 7) is 3.49. The van der Waals surface area contributed by atoms with Gasteiger partial charge in [0.2, 0.25) is 0 Å². The third-order valence-electron chi connectivity index (χ3n) is 2.70. The first-order chi connectivity index (χ1) is 9.29. The summed E-state index contributed by atoms with van der Waals surface area (Å²) < 4.78 is 27.0. The van der Waals surface area contributed by atoms with E-state index in [2.05, 4.69) is 4.72 Å². The van der Waals surface area contributed by atoms with Crippen LogP contribution >= 0.6 is 11.3 Å². The number of carboxylic acid groups (broad SMARTS) is 1. The van der Waals surface area contributed by atoms with Crippen molar-refractivity contribution in [2.24, 2.45) is 0 Å². The monoisotopic (exact) mass is 311 g/mol. The Bertz CT molecular complexity index is 762. The molecule has 2 aromatic rings. The summed E-state index contributed by atoms with van der Waals surface area (Å²) in [7, 11) is -3.63. The number of hydrogen-bond acceptors (Lipinski definition) is 4. The van der Waals surface area contributed by atoms with Gasteiger partial charge in [-0.1, -0.05) is 0 Å². The van der Waals surface area contributed by atoms with Crippen LogP contribution < -0.4 is 4.72 Å². The highest BCUT2D eigenvalue weighted by Gasteiger charge is 2.17. The normalized spacial score (nSPS) is 11.3. The molecule has 0 saturated heterocycles. The Hall–Kier alpha value is -1.86. The number of benzene rings is 1. The van der Waals surface area contributed by atoms with Crippen molar-refractivity contribution < 1.29 is 18.3 Å². The topological polar surface area (TPSA) is 83.5 Å². The van der Waals surface area contributed by atoms with Crippen molar-refractivity contribution in [2.75, 3.05) is 4.72 Å². The van der Waals surface area contributed by atoms with Crippen molar-refractivity contribution in [1.82, 2.24) is 0 Å². The summed E-state index contributed by atoms with van der Waals surface area (Å²) in [5.41, 5.74) is 1.06. The number of anilines is 1. The van der Waals surface area contributed by atoms with E-state index in [9.17, 15) is 13.2 Å². The van der Waals surface area contributed by atoms with Crippen LogP contribution in [0.2, 0.25) is 0 Å². The minimum Gasteiger partial charge on any atom is -0.478 e. The first-order valence-corrected chi connectivity index (χ1v) is 8.03. The standard InChI is InChI=1S/C13H13NO4S2/c1-8-7-10(13(15)16)4-5-11(8)14-20(17,18)12-6-3-9(2)19-12/h3-7,14H,1-2H3,(H,15,16). The number of aryl methyl sites for hydroxylation is 2. The van der Waals surface area contributed by atoms with Gasteiger partial charge >= 0.3 is 5.97 Å². The molecule has 1 aromatic carbocycles. The first-order valence-electron chi connectivity index (χ1n) is 5.73. The number of rotatable bonds is 4. The molecule has 2 rings (SSSR count). The SMILES string of the molecule is Cc1ccc(S(=O)(=O)Nc2ccc(C(=O)O)cc2C)s1. The molecule has 2 N–H and O–H groups in total. The van der Waals surface area contributed by atoms with Crippen LogP contribution in [-0.2, 0) is 10.0 Å². The molecule has 0 aliphatic rings. The number of thiophene rings is 1. The van der Waals surface area contributed by atoms with Crippen molar-refractivity contribution in [3.05, 3.63) is 46.3 Å². The molecule has 1 heterocycles. The van der Waals surface area contributed by atoms with Crippen LogP contribution in [0.4, 0.5) is 5.69 Å². The summed E-state index contributed by atoms with van der Waals surface area (Å²) in [5.74, 6) is -1.05. The zero-order valence-electron chi connectivity index (χ0n) is 10.9. The van der Waals surface area contributed by atoms with Crippen molar-refractivity contribution in [2.45, 2.75) is 18.1 Å². The Labute approximate surface area is 120 Å². The van der Waals surface area contributed by atoms with Gasteiger partial charge in [0.1, 0.15) is 4.21 Å². The van der Waals surface area contributed by atoms with Crippen LogP contribution in [0.25, 0.3) is 0 Å². The molecular weight excluding hydrogens is 298 g/mol. The second-order valence-electron chi connectivity index (χ2n) is 4.31. The highest BCUT2D eigenvalue weighted by atomic mass is 32.2. The smallest absolute Gasteiger partial charge is 0.335 e. The molecule has 0 saturated carbocycles. The molecule has 0 aliphatic carbocycles. The lowest BCUT2D eigenvalue weighted by Crippen LogP contribution is -2.12. The van der Waals surface area contributed by atoms with Gasteiger partial charge in [-0.15, -0.1) is 11.3 Å². The molecule has 0 amide bonds.